The molecule has 0 saturated carbocycles. The quantitative estimate of drug-likeness (QED) is 0.856. The molecule has 0 aromatic carbocycles. The third kappa shape index (κ3) is 3.04. The third-order valence-corrected chi connectivity index (χ3v) is 3.34. The molecule has 0 aliphatic heterocycles. The van der Waals surface area contributed by atoms with Gasteiger partial charge >= 0.3 is 0 Å². The molecule has 2 heterocycles. The molecule has 0 unspecified atom stereocenters. The molecule has 0 fully saturated rings. The maximum absolute atomic E-state index is 11.4. The van der Waals surface area contributed by atoms with E-state index in [9.17, 15) is 4.79 Å². The predicted octanol–water partition coefficient (Wildman–Crippen LogP) is 2.89. The molecule has 0 saturated heterocycles. The molecule has 6 heteroatoms. The molecule has 0 aliphatic rings. The van der Waals surface area contributed by atoms with Crippen molar-refractivity contribution >= 4 is 45.1 Å². The molecule has 2 rings (SSSR count). The van der Waals surface area contributed by atoms with Gasteiger partial charge in [0.05, 0.1) is 9.98 Å². The number of aromatic amines is 1. The minimum atomic E-state index is -0.186. The number of H-pyrrole nitrogens is 1. The number of carbonyl (C=O) groups excluding carboxylic acids is 1. The highest BCUT2D eigenvalue weighted by molar-refractivity contribution is 9.11. The minimum Gasteiger partial charge on any atom is -0.307 e. The number of carbonyl (C=O) groups is 1. The predicted molar refractivity (Wildman–Crippen MR) is 68.3 cm³/mol. The summed E-state index contributed by atoms with van der Waals surface area (Å²) in [5.41, 5.74) is 0. The highest BCUT2D eigenvalue weighted by Crippen LogP contribution is 2.22. The van der Waals surface area contributed by atoms with E-state index in [2.05, 4.69) is 31.4 Å². The minimum absolute atomic E-state index is 0.186. The van der Waals surface area contributed by atoms with Crippen molar-refractivity contribution in [1.82, 2.24) is 10.2 Å². The van der Waals surface area contributed by atoms with Crippen LogP contribution in [0, 0.1) is 0 Å². The van der Waals surface area contributed by atoms with Crippen molar-refractivity contribution in [3.8, 4) is 0 Å². The van der Waals surface area contributed by atoms with Crippen molar-refractivity contribution in [3.05, 3.63) is 39.1 Å². The van der Waals surface area contributed by atoms with Gasteiger partial charge in [-0.1, -0.05) is 0 Å². The van der Waals surface area contributed by atoms with E-state index < -0.39 is 0 Å². The summed E-state index contributed by atoms with van der Waals surface area (Å²) in [7, 11) is 0. The van der Waals surface area contributed by atoms with E-state index in [4.69, 9.17) is 0 Å². The van der Waals surface area contributed by atoms with Crippen molar-refractivity contribution in [2.24, 2.45) is 0 Å². The number of thiophene rings is 1. The molecule has 2 aromatic heterocycles. The van der Waals surface area contributed by atoms with Gasteiger partial charge in [0.25, 0.3) is 0 Å². The molecule has 0 radical (unpaired) electrons. The molecular formula is C10H8BrN3OS. The van der Waals surface area contributed by atoms with Crippen LogP contribution < -0.4 is 5.32 Å². The number of amides is 1. The average molecular weight is 298 g/mol. The van der Waals surface area contributed by atoms with Crippen molar-refractivity contribution < 1.29 is 4.79 Å². The standard InChI is InChI=1S/C10H8BrN3OS/c11-8-3-1-7(16-8)2-4-10(15)13-9-5-6-12-14-9/h1-6H,(H2,12,13,14,15). The average Bonchev–Trinajstić information content (AvgIpc) is 2.87. The molecule has 0 atom stereocenters. The topological polar surface area (TPSA) is 57.8 Å². The van der Waals surface area contributed by atoms with Gasteiger partial charge in [0.2, 0.25) is 5.91 Å². The number of hydrogen-bond donors (Lipinski definition) is 2. The normalized spacial score (nSPS) is 10.8. The van der Waals surface area contributed by atoms with Gasteiger partial charge in [-0.2, -0.15) is 5.10 Å². The summed E-state index contributed by atoms with van der Waals surface area (Å²) in [5.74, 6) is 0.399. The molecule has 0 spiro atoms. The van der Waals surface area contributed by atoms with Gasteiger partial charge in [0, 0.05) is 17.0 Å². The number of halogens is 1. The zero-order chi connectivity index (χ0) is 11.4. The highest BCUT2D eigenvalue weighted by Gasteiger charge is 1.98. The lowest BCUT2D eigenvalue weighted by Gasteiger charge is -1.95. The van der Waals surface area contributed by atoms with E-state index in [-0.39, 0.29) is 5.91 Å². The lowest BCUT2D eigenvalue weighted by molar-refractivity contribution is -0.111. The second-order valence-corrected chi connectivity index (χ2v) is 5.43. The summed E-state index contributed by atoms with van der Waals surface area (Å²) >= 11 is 4.93. The van der Waals surface area contributed by atoms with Gasteiger partial charge in [-0.15, -0.1) is 11.3 Å². The first-order valence-electron chi connectivity index (χ1n) is 4.48. The van der Waals surface area contributed by atoms with Crippen molar-refractivity contribution in [1.29, 1.82) is 0 Å². The summed E-state index contributed by atoms with van der Waals surface area (Å²) in [6.07, 6.45) is 4.83. The number of nitrogens with one attached hydrogen (secondary N) is 2. The molecular weight excluding hydrogens is 290 g/mol. The monoisotopic (exact) mass is 297 g/mol. The molecule has 4 nitrogen and oxygen atoms in total. The lowest BCUT2D eigenvalue weighted by atomic mass is 10.4. The first-order chi connectivity index (χ1) is 7.74. The summed E-state index contributed by atoms with van der Waals surface area (Å²) < 4.78 is 1.04. The van der Waals surface area contributed by atoms with E-state index in [0.29, 0.717) is 5.82 Å². The Balaban J connectivity index is 1.94. The van der Waals surface area contributed by atoms with Crippen LogP contribution in [-0.4, -0.2) is 16.1 Å². The number of hydrogen-bond acceptors (Lipinski definition) is 3. The van der Waals surface area contributed by atoms with Crippen LogP contribution in [0.1, 0.15) is 4.88 Å². The van der Waals surface area contributed by atoms with Crippen LogP contribution in [0.25, 0.3) is 6.08 Å². The zero-order valence-corrected chi connectivity index (χ0v) is 10.5. The Morgan fingerprint density at radius 3 is 3.00 bits per heavy atom. The van der Waals surface area contributed by atoms with Crippen LogP contribution >= 0.6 is 27.3 Å². The fraction of sp³-hybridized carbons (Fsp3) is 0. The highest BCUT2D eigenvalue weighted by atomic mass is 79.9. The summed E-state index contributed by atoms with van der Waals surface area (Å²) in [4.78, 5) is 12.5. The molecule has 16 heavy (non-hydrogen) atoms. The number of aromatic nitrogens is 2. The van der Waals surface area contributed by atoms with Crippen LogP contribution in [0.4, 0.5) is 5.82 Å². The Bertz CT molecular complexity index is 504. The van der Waals surface area contributed by atoms with E-state index in [0.717, 1.165) is 8.66 Å². The van der Waals surface area contributed by atoms with Crippen LogP contribution in [0.2, 0.25) is 0 Å². The Kier molecular flexibility index (Phi) is 3.53. The van der Waals surface area contributed by atoms with Crippen molar-refractivity contribution in [3.63, 3.8) is 0 Å². The maximum Gasteiger partial charge on any atom is 0.249 e. The van der Waals surface area contributed by atoms with Gasteiger partial charge in [-0.3, -0.25) is 9.89 Å². The maximum atomic E-state index is 11.4. The molecule has 0 bridgehead atoms. The van der Waals surface area contributed by atoms with Gasteiger partial charge < -0.3 is 5.32 Å². The number of nitrogens with zero attached hydrogens (tertiary/aromatic N) is 1. The number of anilines is 1. The smallest absolute Gasteiger partial charge is 0.249 e. The van der Waals surface area contributed by atoms with Gasteiger partial charge in [0.15, 0.2) is 0 Å². The Labute approximate surface area is 105 Å². The van der Waals surface area contributed by atoms with E-state index in [1.165, 1.54) is 6.08 Å². The molecule has 2 N–H and O–H groups in total. The first kappa shape index (κ1) is 11.1. The fourth-order valence-electron chi connectivity index (χ4n) is 1.08. The van der Waals surface area contributed by atoms with Crippen LogP contribution in [0.15, 0.2) is 34.3 Å². The largest absolute Gasteiger partial charge is 0.307 e. The van der Waals surface area contributed by atoms with Gasteiger partial charge in [-0.05, 0) is 34.1 Å². The van der Waals surface area contributed by atoms with Crippen LogP contribution in [0.5, 0.6) is 0 Å². The van der Waals surface area contributed by atoms with Crippen LogP contribution in [0.3, 0.4) is 0 Å². The van der Waals surface area contributed by atoms with Crippen molar-refractivity contribution in [2.75, 3.05) is 5.32 Å². The fourth-order valence-corrected chi connectivity index (χ4v) is 2.40. The second-order valence-electron chi connectivity index (χ2n) is 2.93. The Morgan fingerprint density at radius 1 is 1.50 bits per heavy atom. The zero-order valence-electron chi connectivity index (χ0n) is 8.11. The molecule has 82 valence electrons. The second kappa shape index (κ2) is 5.09. The van der Waals surface area contributed by atoms with E-state index in [1.807, 2.05) is 12.1 Å². The van der Waals surface area contributed by atoms with Crippen molar-refractivity contribution in [2.45, 2.75) is 0 Å². The van der Waals surface area contributed by atoms with Gasteiger partial charge in [0.1, 0.15) is 5.82 Å². The van der Waals surface area contributed by atoms with Crippen LogP contribution in [-0.2, 0) is 4.79 Å². The molecule has 0 aliphatic carbocycles. The van der Waals surface area contributed by atoms with E-state index >= 15 is 0 Å². The summed E-state index contributed by atoms with van der Waals surface area (Å²) in [6.45, 7) is 0. The SMILES string of the molecule is O=C(C=Cc1ccc(Br)s1)Nc1ccn[nH]1. The molecule has 2 aromatic rings. The first-order valence-corrected chi connectivity index (χ1v) is 6.09. The lowest BCUT2D eigenvalue weighted by Crippen LogP contribution is -2.07. The Hall–Kier alpha value is -1.40. The Morgan fingerprint density at radius 2 is 2.38 bits per heavy atom. The van der Waals surface area contributed by atoms with E-state index in [1.54, 1.807) is 29.7 Å². The summed E-state index contributed by atoms with van der Waals surface area (Å²) in [5, 5.41) is 9.03. The number of rotatable bonds is 3. The summed E-state index contributed by atoms with van der Waals surface area (Å²) in [6, 6.07) is 5.57. The molecule has 1 amide bonds. The van der Waals surface area contributed by atoms with Gasteiger partial charge in [-0.25, -0.2) is 0 Å². The third-order valence-electron chi connectivity index (χ3n) is 1.75.